The molecule has 5 heteroatoms. The lowest BCUT2D eigenvalue weighted by Gasteiger charge is -2.20. The van der Waals surface area contributed by atoms with Gasteiger partial charge in [0.15, 0.2) is 0 Å². The van der Waals surface area contributed by atoms with E-state index < -0.39 is 6.10 Å². The van der Waals surface area contributed by atoms with E-state index in [0.717, 1.165) is 28.9 Å². The van der Waals surface area contributed by atoms with Crippen molar-refractivity contribution < 1.29 is 19.0 Å². The minimum Gasteiger partial charge on any atom is -0.494 e. The van der Waals surface area contributed by atoms with Gasteiger partial charge in [0.1, 0.15) is 35.7 Å². The molecule has 0 radical (unpaired) electrons. The number of likely N-dealkylation sites (N-methyl/N-ethyl adjacent to an activating group) is 1. The second-order valence-electron chi connectivity index (χ2n) is 7.19. The largest absolute Gasteiger partial charge is 0.494 e. The van der Waals surface area contributed by atoms with Crippen LogP contribution >= 0.6 is 0 Å². The Morgan fingerprint density at radius 3 is 2.42 bits per heavy atom. The molecule has 1 N–H and O–H groups in total. The summed E-state index contributed by atoms with van der Waals surface area (Å²) in [7, 11) is 1.97. The normalized spacial score (nSPS) is 20.2. The first-order chi connectivity index (χ1) is 12.5. The summed E-state index contributed by atoms with van der Waals surface area (Å²) in [6.07, 6.45) is 0.661. The molecule has 1 aliphatic carbocycles. The topological polar surface area (TPSA) is 55.1 Å². The van der Waals surface area contributed by atoms with Gasteiger partial charge in [0.2, 0.25) is 0 Å². The first kappa shape index (κ1) is 18.8. The van der Waals surface area contributed by atoms with Gasteiger partial charge in [-0.1, -0.05) is 6.92 Å². The van der Waals surface area contributed by atoms with E-state index in [4.69, 9.17) is 13.9 Å². The minimum atomic E-state index is -0.565. The third-order valence-electron chi connectivity index (χ3n) is 4.68. The first-order valence-corrected chi connectivity index (χ1v) is 9.36. The van der Waals surface area contributed by atoms with Crippen molar-refractivity contribution in [3.63, 3.8) is 0 Å². The van der Waals surface area contributed by atoms with E-state index in [0.29, 0.717) is 25.6 Å². The number of aliphatic hydroxyl groups is 1. The Bertz CT molecular complexity index is 682. The summed E-state index contributed by atoms with van der Waals surface area (Å²) in [6, 6.07) is 11.6. The van der Waals surface area contributed by atoms with Crippen LogP contribution in [0.25, 0.3) is 0 Å². The number of hydrogen-bond acceptors (Lipinski definition) is 5. The molecule has 3 atom stereocenters. The molecule has 1 heterocycles. The van der Waals surface area contributed by atoms with E-state index in [1.807, 2.05) is 49.2 Å². The Morgan fingerprint density at radius 2 is 1.81 bits per heavy atom. The van der Waals surface area contributed by atoms with Gasteiger partial charge >= 0.3 is 0 Å². The highest BCUT2D eigenvalue weighted by Crippen LogP contribution is 2.47. The molecule has 0 unspecified atom stereocenters. The fourth-order valence-corrected chi connectivity index (χ4v) is 3.13. The lowest BCUT2D eigenvalue weighted by molar-refractivity contribution is 0.0724. The first-order valence-electron chi connectivity index (χ1n) is 9.36. The monoisotopic (exact) mass is 359 g/mol. The highest BCUT2D eigenvalue weighted by Gasteiger charge is 2.36. The van der Waals surface area contributed by atoms with Crippen LogP contribution in [0.4, 0.5) is 0 Å². The van der Waals surface area contributed by atoms with Crippen molar-refractivity contribution in [1.82, 2.24) is 4.90 Å². The SMILES string of the molecule is CCOc1ccc(OC[C@H](O)CN(C)Cc2ccc([C@H]3C[C@H]3C)o2)cc1. The second-order valence-corrected chi connectivity index (χ2v) is 7.19. The van der Waals surface area contributed by atoms with Crippen molar-refractivity contribution >= 4 is 0 Å². The van der Waals surface area contributed by atoms with Gasteiger partial charge in [-0.05, 0) is 62.7 Å². The molecule has 0 bridgehead atoms. The molecule has 142 valence electrons. The lowest BCUT2D eigenvalue weighted by atomic mass is 10.3. The van der Waals surface area contributed by atoms with E-state index in [2.05, 4.69) is 13.0 Å². The van der Waals surface area contributed by atoms with E-state index in [-0.39, 0.29) is 6.61 Å². The number of benzene rings is 1. The van der Waals surface area contributed by atoms with Crippen LogP contribution in [0.15, 0.2) is 40.8 Å². The number of nitrogens with zero attached hydrogens (tertiary/aromatic N) is 1. The lowest BCUT2D eigenvalue weighted by Crippen LogP contribution is -2.32. The molecule has 0 amide bonds. The number of rotatable bonds is 10. The maximum absolute atomic E-state index is 10.2. The predicted molar refractivity (Wildman–Crippen MR) is 101 cm³/mol. The molecular weight excluding hydrogens is 330 g/mol. The molecule has 1 saturated carbocycles. The molecule has 26 heavy (non-hydrogen) atoms. The van der Waals surface area contributed by atoms with E-state index in [1.54, 1.807) is 0 Å². The molecule has 2 aromatic rings. The average molecular weight is 359 g/mol. The number of ether oxygens (including phenoxy) is 2. The van der Waals surface area contributed by atoms with Gasteiger partial charge < -0.3 is 19.0 Å². The fraction of sp³-hybridized carbons (Fsp3) is 0.524. The Balaban J connectivity index is 1.39. The molecule has 1 aromatic carbocycles. The smallest absolute Gasteiger partial charge is 0.119 e. The zero-order valence-electron chi connectivity index (χ0n) is 15.9. The third-order valence-corrected chi connectivity index (χ3v) is 4.68. The Morgan fingerprint density at radius 1 is 1.15 bits per heavy atom. The van der Waals surface area contributed by atoms with Gasteiger partial charge in [0, 0.05) is 12.5 Å². The third kappa shape index (κ3) is 5.26. The highest BCUT2D eigenvalue weighted by molar-refractivity contribution is 5.31. The van der Waals surface area contributed by atoms with Crippen molar-refractivity contribution in [3.05, 3.63) is 47.9 Å². The van der Waals surface area contributed by atoms with Crippen molar-refractivity contribution in [3.8, 4) is 11.5 Å². The summed E-state index contributed by atoms with van der Waals surface area (Å²) in [5, 5.41) is 10.2. The van der Waals surface area contributed by atoms with Gasteiger partial charge in [-0.3, -0.25) is 4.90 Å². The molecule has 0 aliphatic heterocycles. The maximum atomic E-state index is 10.2. The average Bonchev–Trinajstić information content (AvgIpc) is 3.16. The Labute approximate surface area is 155 Å². The Kier molecular flexibility index (Phi) is 6.22. The minimum absolute atomic E-state index is 0.251. The van der Waals surface area contributed by atoms with Gasteiger partial charge in [0.25, 0.3) is 0 Å². The molecule has 0 saturated heterocycles. The van der Waals surface area contributed by atoms with Crippen molar-refractivity contribution in [2.24, 2.45) is 5.92 Å². The summed E-state index contributed by atoms with van der Waals surface area (Å²) in [4.78, 5) is 2.05. The summed E-state index contributed by atoms with van der Waals surface area (Å²) in [6.45, 7) is 6.30. The molecule has 5 nitrogen and oxygen atoms in total. The van der Waals surface area contributed by atoms with Crippen molar-refractivity contribution in [2.45, 2.75) is 38.8 Å². The summed E-state index contributed by atoms with van der Waals surface area (Å²) in [5.41, 5.74) is 0. The second kappa shape index (κ2) is 8.60. The van der Waals surface area contributed by atoms with Crippen LogP contribution < -0.4 is 9.47 Å². The van der Waals surface area contributed by atoms with Crippen LogP contribution in [0, 0.1) is 5.92 Å². The zero-order valence-corrected chi connectivity index (χ0v) is 15.9. The quantitative estimate of drug-likeness (QED) is 0.701. The molecule has 1 fully saturated rings. The van der Waals surface area contributed by atoms with Gasteiger partial charge in [-0.25, -0.2) is 0 Å². The van der Waals surface area contributed by atoms with Gasteiger partial charge in [-0.2, -0.15) is 0 Å². The van der Waals surface area contributed by atoms with Crippen LogP contribution in [0.3, 0.4) is 0 Å². The Hall–Kier alpha value is -1.98. The molecular formula is C21H29NO4. The summed E-state index contributed by atoms with van der Waals surface area (Å²) >= 11 is 0. The number of furan rings is 1. The number of hydrogen-bond donors (Lipinski definition) is 1. The van der Waals surface area contributed by atoms with Crippen LogP contribution in [-0.4, -0.2) is 42.9 Å². The van der Waals surface area contributed by atoms with Crippen molar-refractivity contribution in [2.75, 3.05) is 26.8 Å². The van der Waals surface area contributed by atoms with Crippen LogP contribution in [0.2, 0.25) is 0 Å². The van der Waals surface area contributed by atoms with E-state index in [9.17, 15) is 5.11 Å². The molecule has 3 rings (SSSR count). The molecule has 0 spiro atoms. The highest BCUT2D eigenvalue weighted by atomic mass is 16.5. The van der Waals surface area contributed by atoms with Gasteiger partial charge in [-0.15, -0.1) is 0 Å². The van der Waals surface area contributed by atoms with Crippen LogP contribution in [0.1, 0.15) is 37.7 Å². The number of aliphatic hydroxyl groups excluding tert-OH is 1. The summed E-state index contributed by atoms with van der Waals surface area (Å²) < 4.78 is 17.0. The van der Waals surface area contributed by atoms with E-state index >= 15 is 0 Å². The maximum Gasteiger partial charge on any atom is 0.119 e. The molecule has 1 aliphatic rings. The predicted octanol–water partition coefficient (Wildman–Crippen LogP) is 3.67. The summed E-state index contributed by atoms with van der Waals surface area (Å²) in [5.74, 6) is 4.93. The van der Waals surface area contributed by atoms with Gasteiger partial charge in [0.05, 0.1) is 13.2 Å². The molecule has 1 aromatic heterocycles. The van der Waals surface area contributed by atoms with E-state index in [1.165, 1.54) is 6.42 Å². The standard InChI is InChI=1S/C21H29NO4/c1-4-24-17-5-7-18(8-6-17)25-14-16(23)12-22(3)13-19-9-10-21(26-19)20-11-15(20)2/h5-10,15-16,20,23H,4,11-14H2,1-3H3/t15-,16-,20+/m1/s1. The van der Waals surface area contributed by atoms with Crippen molar-refractivity contribution in [1.29, 1.82) is 0 Å². The zero-order chi connectivity index (χ0) is 18.5. The van der Waals surface area contributed by atoms with Crippen LogP contribution in [0.5, 0.6) is 11.5 Å². The fourth-order valence-electron chi connectivity index (χ4n) is 3.13. The van der Waals surface area contributed by atoms with Crippen LogP contribution in [-0.2, 0) is 6.54 Å².